The summed E-state index contributed by atoms with van der Waals surface area (Å²) in [5.74, 6) is -4.27. The number of aliphatic hydroxyl groups excluding tert-OH is 1. The largest absolute Gasteiger partial charge is 0.479 e. The van der Waals surface area contributed by atoms with Crippen LogP contribution in [0.4, 0.5) is 30.7 Å². The second-order valence-electron chi connectivity index (χ2n) is 3.66. The van der Waals surface area contributed by atoms with Crippen molar-refractivity contribution < 1.29 is 45.7 Å². The molecule has 112 valence electrons. The average Bonchev–Trinajstić information content (AvgIpc) is 2.23. The predicted octanol–water partition coefficient (Wildman–Crippen LogP) is 2.98. The Morgan fingerprint density at radius 3 is 1.80 bits per heavy atom. The van der Waals surface area contributed by atoms with Crippen molar-refractivity contribution in [2.75, 3.05) is 0 Å². The van der Waals surface area contributed by atoms with E-state index < -0.39 is 53.0 Å². The van der Waals surface area contributed by atoms with E-state index >= 15 is 0 Å². The molecule has 10 heteroatoms. The quantitative estimate of drug-likeness (QED) is 0.826. The molecule has 2 N–H and O–H groups in total. The van der Waals surface area contributed by atoms with Gasteiger partial charge in [-0.3, -0.25) is 0 Å². The molecule has 1 rings (SSSR count). The number of carboxylic acids is 1. The van der Waals surface area contributed by atoms with Crippen LogP contribution in [-0.2, 0) is 17.1 Å². The van der Waals surface area contributed by atoms with Crippen LogP contribution in [0.15, 0.2) is 12.1 Å². The van der Waals surface area contributed by atoms with Gasteiger partial charge in [0.1, 0.15) is 5.82 Å². The standard InChI is InChI=1S/C10H5F7O3/c11-6-1-3(7(18)8(19)20)4(9(12,13)14)2-5(6)10(15,16)17/h1-2,7,18H,(H,19,20). The molecule has 1 unspecified atom stereocenters. The van der Waals surface area contributed by atoms with Gasteiger partial charge in [-0.05, 0) is 12.1 Å². The highest BCUT2D eigenvalue weighted by Crippen LogP contribution is 2.40. The maximum absolute atomic E-state index is 13.1. The van der Waals surface area contributed by atoms with Gasteiger partial charge in [-0.1, -0.05) is 0 Å². The Kier molecular flexibility index (Phi) is 3.99. The topological polar surface area (TPSA) is 57.5 Å². The number of alkyl halides is 6. The van der Waals surface area contributed by atoms with E-state index in [1.54, 1.807) is 0 Å². The second-order valence-corrected chi connectivity index (χ2v) is 3.66. The fourth-order valence-corrected chi connectivity index (χ4v) is 1.41. The van der Waals surface area contributed by atoms with Crippen molar-refractivity contribution in [3.05, 3.63) is 34.6 Å². The summed E-state index contributed by atoms with van der Waals surface area (Å²) in [5, 5.41) is 17.4. The number of aliphatic carboxylic acids is 1. The number of halogens is 7. The Labute approximate surface area is 106 Å². The molecular formula is C10H5F7O3. The van der Waals surface area contributed by atoms with Crippen LogP contribution in [0.1, 0.15) is 22.8 Å². The van der Waals surface area contributed by atoms with Gasteiger partial charge in [0, 0.05) is 5.56 Å². The van der Waals surface area contributed by atoms with Crippen LogP contribution in [0.25, 0.3) is 0 Å². The molecule has 0 aromatic heterocycles. The van der Waals surface area contributed by atoms with Crippen molar-refractivity contribution in [1.29, 1.82) is 0 Å². The van der Waals surface area contributed by atoms with Gasteiger partial charge in [-0.25, -0.2) is 9.18 Å². The summed E-state index contributed by atoms with van der Waals surface area (Å²) >= 11 is 0. The molecule has 0 fully saturated rings. The number of aliphatic hydroxyl groups is 1. The maximum Gasteiger partial charge on any atom is 0.419 e. The number of rotatable bonds is 2. The van der Waals surface area contributed by atoms with Gasteiger partial charge >= 0.3 is 18.3 Å². The van der Waals surface area contributed by atoms with Crippen molar-refractivity contribution in [1.82, 2.24) is 0 Å². The molecule has 20 heavy (non-hydrogen) atoms. The van der Waals surface area contributed by atoms with Crippen LogP contribution in [0, 0.1) is 5.82 Å². The predicted molar refractivity (Wildman–Crippen MR) is 49.0 cm³/mol. The van der Waals surface area contributed by atoms with Crippen LogP contribution in [0.5, 0.6) is 0 Å². The Morgan fingerprint density at radius 1 is 1.00 bits per heavy atom. The minimum atomic E-state index is -5.39. The van der Waals surface area contributed by atoms with Crippen LogP contribution >= 0.6 is 0 Å². The fourth-order valence-electron chi connectivity index (χ4n) is 1.41. The zero-order chi connectivity index (χ0) is 15.9. The van der Waals surface area contributed by atoms with Gasteiger partial charge in [0.25, 0.3) is 0 Å². The molecule has 0 spiro atoms. The Bertz CT molecular complexity index is 533. The van der Waals surface area contributed by atoms with Crippen molar-refractivity contribution >= 4 is 5.97 Å². The van der Waals surface area contributed by atoms with E-state index in [-0.39, 0.29) is 6.07 Å². The van der Waals surface area contributed by atoms with Crippen molar-refractivity contribution in [3.63, 3.8) is 0 Å². The first-order valence-corrected chi connectivity index (χ1v) is 4.74. The Hall–Kier alpha value is -1.84. The van der Waals surface area contributed by atoms with Gasteiger partial charge < -0.3 is 10.2 Å². The molecule has 1 aromatic rings. The van der Waals surface area contributed by atoms with Crippen LogP contribution in [0.2, 0.25) is 0 Å². The maximum atomic E-state index is 13.1. The summed E-state index contributed by atoms with van der Waals surface area (Å²) < 4.78 is 87.8. The smallest absolute Gasteiger partial charge is 0.419 e. The molecule has 0 saturated carbocycles. The molecule has 0 aliphatic carbocycles. The number of carboxylic acid groups (broad SMARTS) is 1. The minimum Gasteiger partial charge on any atom is -0.479 e. The van der Waals surface area contributed by atoms with Gasteiger partial charge in [0.05, 0.1) is 11.1 Å². The lowest BCUT2D eigenvalue weighted by atomic mass is 9.98. The third-order valence-electron chi connectivity index (χ3n) is 2.28. The third-order valence-corrected chi connectivity index (χ3v) is 2.28. The molecule has 0 saturated heterocycles. The second kappa shape index (κ2) is 4.93. The molecule has 0 bridgehead atoms. The van der Waals surface area contributed by atoms with E-state index in [0.717, 1.165) is 0 Å². The Morgan fingerprint density at radius 2 is 1.45 bits per heavy atom. The van der Waals surface area contributed by atoms with E-state index in [4.69, 9.17) is 10.2 Å². The summed E-state index contributed by atoms with van der Waals surface area (Å²) in [6.45, 7) is 0. The molecule has 0 heterocycles. The summed E-state index contributed by atoms with van der Waals surface area (Å²) in [4.78, 5) is 10.4. The number of hydrogen-bond acceptors (Lipinski definition) is 2. The fraction of sp³-hybridized carbons (Fsp3) is 0.300. The Balaban J connectivity index is 3.62. The van der Waals surface area contributed by atoms with Crippen LogP contribution < -0.4 is 0 Å². The van der Waals surface area contributed by atoms with E-state index in [2.05, 4.69) is 0 Å². The zero-order valence-electron chi connectivity index (χ0n) is 9.18. The molecule has 0 aliphatic heterocycles. The number of hydrogen-bond donors (Lipinski definition) is 2. The first-order chi connectivity index (χ1) is 8.85. The lowest BCUT2D eigenvalue weighted by Crippen LogP contribution is -2.20. The average molecular weight is 306 g/mol. The molecule has 0 radical (unpaired) electrons. The monoisotopic (exact) mass is 306 g/mol. The molecule has 0 aliphatic rings. The summed E-state index contributed by atoms with van der Waals surface area (Å²) in [5.41, 5.74) is -5.78. The molecule has 1 aromatic carbocycles. The minimum absolute atomic E-state index is 0.287. The molecule has 3 nitrogen and oxygen atoms in total. The molecule has 0 amide bonds. The lowest BCUT2D eigenvalue weighted by Gasteiger charge is -2.18. The first-order valence-electron chi connectivity index (χ1n) is 4.74. The van der Waals surface area contributed by atoms with Crippen molar-refractivity contribution in [2.45, 2.75) is 18.5 Å². The van der Waals surface area contributed by atoms with Gasteiger partial charge in [0.2, 0.25) is 0 Å². The van der Waals surface area contributed by atoms with E-state index in [1.807, 2.05) is 0 Å². The van der Waals surface area contributed by atoms with Crippen molar-refractivity contribution in [2.24, 2.45) is 0 Å². The lowest BCUT2D eigenvalue weighted by molar-refractivity contribution is -0.150. The van der Waals surface area contributed by atoms with Crippen molar-refractivity contribution in [3.8, 4) is 0 Å². The van der Waals surface area contributed by atoms with E-state index in [9.17, 15) is 35.5 Å². The highest BCUT2D eigenvalue weighted by atomic mass is 19.4. The highest BCUT2D eigenvalue weighted by Gasteiger charge is 2.42. The molecular weight excluding hydrogens is 301 g/mol. The normalized spacial score (nSPS) is 14.2. The highest BCUT2D eigenvalue weighted by molar-refractivity contribution is 5.74. The zero-order valence-corrected chi connectivity index (χ0v) is 9.18. The summed E-state index contributed by atoms with van der Waals surface area (Å²) in [7, 11) is 0. The summed E-state index contributed by atoms with van der Waals surface area (Å²) in [6.07, 6.45) is -13.6. The van der Waals surface area contributed by atoms with E-state index in [0.29, 0.717) is 0 Å². The SMILES string of the molecule is O=C(O)C(O)c1cc(F)c(C(F)(F)F)cc1C(F)(F)F. The number of carbonyl (C=O) groups is 1. The van der Waals surface area contributed by atoms with Crippen LogP contribution in [0.3, 0.4) is 0 Å². The molecule has 1 atom stereocenters. The first kappa shape index (κ1) is 16.2. The van der Waals surface area contributed by atoms with E-state index in [1.165, 1.54) is 0 Å². The van der Waals surface area contributed by atoms with Gasteiger partial charge in [-0.2, -0.15) is 26.3 Å². The number of benzene rings is 1. The summed E-state index contributed by atoms with van der Waals surface area (Å²) in [6, 6.07) is -0.860. The third kappa shape index (κ3) is 3.18. The van der Waals surface area contributed by atoms with Gasteiger partial charge in [0.15, 0.2) is 6.10 Å². The van der Waals surface area contributed by atoms with Crippen LogP contribution in [-0.4, -0.2) is 16.2 Å². The van der Waals surface area contributed by atoms with Gasteiger partial charge in [-0.15, -0.1) is 0 Å².